The minimum Gasteiger partial charge on any atom is -0.346 e. The number of hydrogen-bond acceptors (Lipinski definition) is 3. The first-order valence-electron chi connectivity index (χ1n) is 10.4. The Morgan fingerprint density at radius 1 is 0.575 bits per heavy atom. The van der Waals surface area contributed by atoms with E-state index in [9.17, 15) is 83.4 Å². The van der Waals surface area contributed by atoms with Crippen LogP contribution < -0.4 is 0 Å². The molecule has 3 nitrogen and oxygen atoms in total. The van der Waals surface area contributed by atoms with Gasteiger partial charge in [-0.2, -0.15) is 57.1 Å². The molecule has 2 saturated carbocycles. The standard InChI is InChI=1S/C7H6F8O.C6H6F6O.C5H7F5O/c1-2-16-5(11)3(8)4(9,10)6(12,13)7(5,14)15;1-2-13-5(10)3(7)4(8,9)6(5,11)12;1-2-11-4(7)3(6)5(8,9)10/h3H,2H2,1H3;3H,2H2,1H3;3-4H,2H2,1H3. The second-order valence-corrected chi connectivity index (χ2v) is 7.60. The lowest BCUT2D eigenvalue weighted by Gasteiger charge is -2.49. The van der Waals surface area contributed by atoms with E-state index in [0.29, 0.717) is 0 Å². The average molecular weight is 644 g/mol. The largest absolute Gasteiger partial charge is 0.425 e. The van der Waals surface area contributed by atoms with Crippen molar-refractivity contribution >= 4 is 0 Å². The third-order valence-electron chi connectivity index (χ3n) is 4.95. The predicted octanol–water partition coefficient (Wildman–Crippen LogP) is 7.48. The summed E-state index contributed by atoms with van der Waals surface area (Å²) in [6.07, 6.45) is -19.7. The third-order valence-corrected chi connectivity index (χ3v) is 4.95. The molecule has 0 N–H and O–H groups in total. The van der Waals surface area contributed by atoms with Crippen molar-refractivity contribution in [2.24, 2.45) is 0 Å². The molecular weight excluding hydrogens is 625 g/mol. The summed E-state index contributed by atoms with van der Waals surface area (Å²) in [4.78, 5) is 0. The van der Waals surface area contributed by atoms with Gasteiger partial charge in [0.05, 0.1) is 0 Å². The molecule has 0 aliphatic heterocycles. The minimum atomic E-state index is -6.15. The van der Waals surface area contributed by atoms with Crippen LogP contribution in [0.4, 0.5) is 83.4 Å². The van der Waals surface area contributed by atoms with Crippen molar-refractivity contribution in [1.29, 1.82) is 0 Å². The highest BCUT2D eigenvalue weighted by Crippen LogP contribution is 2.64. The van der Waals surface area contributed by atoms with E-state index >= 15 is 0 Å². The highest BCUT2D eigenvalue weighted by atomic mass is 19.4. The van der Waals surface area contributed by atoms with Crippen molar-refractivity contribution in [3.05, 3.63) is 0 Å². The molecule has 0 aromatic heterocycles. The van der Waals surface area contributed by atoms with E-state index in [1.54, 1.807) is 0 Å². The fraction of sp³-hybridized carbons (Fsp3) is 1.00. The van der Waals surface area contributed by atoms with Crippen molar-refractivity contribution in [3.8, 4) is 0 Å². The fourth-order valence-corrected chi connectivity index (χ4v) is 2.82. The second kappa shape index (κ2) is 12.0. The van der Waals surface area contributed by atoms with Crippen molar-refractivity contribution in [1.82, 2.24) is 0 Å². The van der Waals surface area contributed by atoms with Crippen LogP contribution in [0.15, 0.2) is 0 Å². The van der Waals surface area contributed by atoms with E-state index in [0.717, 1.165) is 13.8 Å². The molecule has 2 fully saturated rings. The molecule has 6 unspecified atom stereocenters. The maximum absolute atomic E-state index is 13.2. The van der Waals surface area contributed by atoms with Crippen LogP contribution in [0.5, 0.6) is 0 Å². The highest BCUT2D eigenvalue weighted by molar-refractivity contribution is 5.19. The Bertz CT molecular complexity index is 821. The molecule has 0 aromatic carbocycles. The molecule has 242 valence electrons. The Labute approximate surface area is 211 Å². The monoisotopic (exact) mass is 644 g/mol. The lowest BCUT2D eigenvalue weighted by molar-refractivity contribution is -0.463. The zero-order valence-electron chi connectivity index (χ0n) is 19.8. The summed E-state index contributed by atoms with van der Waals surface area (Å²) in [5.41, 5.74) is 0. The van der Waals surface area contributed by atoms with Crippen LogP contribution in [-0.2, 0) is 14.2 Å². The molecule has 2 rings (SSSR count). The molecule has 0 saturated heterocycles. The predicted molar refractivity (Wildman–Crippen MR) is 92.9 cm³/mol. The molecule has 0 heterocycles. The van der Waals surface area contributed by atoms with Crippen LogP contribution >= 0.6 is 0 Å². The molecule has 2 aliphatic carbocycles. The second-order valence-electron chi connectivity index (χ2n) is 7.60. The van der Waals surface area contributed by atoms with Crippen molar-refractivity contribution in [2.75, 3.05) is 19.8 Å². The summed E-state index contributed by atoms with van der Waals surface area (Å²) in [5.74, 6) is -37.2. The first-order chi connectivity index (χ1) is 17.6. The van der Waals surface area contributed by atoms with E-state index in [2.05, 4.69) is 14.2 Å². The molecule has 0 amide bonds. The summed E-state index contributed by atoms with van der Waals surface area (Å²) >= 11 is 0. The summed E-state index contributed by atoms with van der Waals surface area (Å²) in [6, 6.07) is 0. The summed E-state index contributed by atoms with van der Waals surface area (Å²) < 4.78 is 244. The Morgan fingerprint density at radius 3 is 1.12 bits per heavy atom. The molecule has 0 bridgehead atoms. The van der Waals surface area contributed by atoms with Crippen molar-refractivity contribution in [3.63, 3.8) is 0 Å². The Kier molecular flexibility index (Phi) is 11.6. The van der Waals surface area contributed by atoms with Crippen LogP contribution in [-0.4, -0.2) is 92.2 Å². The van der Waals surface area contributed by atoms with E-state index in [-0.39, 0.29) is 6.61 Å². The normalized spacial score (nSPS) is 34.4. The van der Waals surface area contributed by atoms with Gasteiger partial charge in [-0.1, -0.05) is 0 Å². The van der Waals surface area contributed by atoms with Gasteiger partial charge >= 0.3 is 47.5 Å². The minimum absolute atomic E-state index is 0.294. The SMILES string of the molecule is CCOC(F)C(F)C(F)(F)F.CCOC1(F)C(F)C(F)(F)C(F)(F)C1(F)F.CCOC1(F)C(F)C(F)(F)C1(F)F. The number of alkyl halides is 19. The van der Waals surface area contributed by atoms with Crippen LogP contribution in [0.3, 0.4) is 0 Å². The molecule has 22 heteroatoms. The lowest BCUT2D eigenvalue weighted by Crippen LogP contribution is -2.79. The van der Waals surface area contributed by atoms with Crippen molar-refractivity contribution in [2.45, 2.75) is 93.1 Å². The van der Waals surface area contributed by atoms with Gasteiger partial charge in [0.25, 0.3) is 6.17 Å². The van der Waals surface area contributed by atoms with Gasteiger partial charge in [-0.3, -0.25) is 0 Å². The van der Waals surface area contributed by atoms with Gasteiger partial charge in [0, 0.05) is 19.8 Å². The Morgan fingerprint density at radius 2 is 0.900 bits per heavy atom. The molecule has 2 aliphatic rings. The van der Waals surface area contributed by atoms with E-state index in [1.807, 2.05) is 0 Å². The summed E-state index contributed by atoms with van der Waals surface area (Å²) in [6.45, 7) is 1.38. The van der Waals surface area contributed by atoms with Crippen LogP contribution in [0.2, 0.25) is 0 Å². The molecule has 0 radical (unpaired) electrons. The first-order valence-corrected chi connectivity index (χ1v) is 10.4. The van der Waals surface area contributed by atoms with Crippen LogP contribution in [0.1, 0.15) is 20.8 Å². The maximum atomic E-state index is 13.2. The van der Waals surface area contributed by atoms with Crippen molar-refractivity contribution < 1.29 is 97.6 Å². The number of rotatable bonds is 7. The number of ether oxygens (including phenoxy) is 3. The Balaban J connectivity index is 0.000000582. The Hall–Kier alpha value is -1.45. The molecular formula is C18H19F19O3. The molecule has 6 atom stereocenters. The first kappa shape index (κ1) is 38.5. The van der Waals surface area contributed by atoms with E-state index in [4.69, 9.17) is 0 Å². The van der Waals surface area contributed by atoms with E-state index in [1.165, 1.54) is 6.92 Å². The summed E-state index contributed by atoms with van der Waals surface area (Å²) in [7, 11) is 0. The number of hydrogen-bond donors (Lipinski definition) is 0. The smallest absolute Gasteiger partial charge is 0.346 e. The topological polar surface area (TPSA) is 27.7 Å². The van der Waals surface area contributed by atoms with Gasteiger partial charge in [0.2, 0.25) is 18.7 Å². The summed E-state index contributed by atoms with van der Waals surface area (Å²) in [5, 5.41) is 0. The van der Waals surface area contributed by atoms with Gasteiger partial charge in [0.1, 0.15) is 0 Å². The average Bonchev–Trinajstić information content (AvgIpc) is 2.88. The van der Waals surface area contributed by atoms with Gasteiger partial charge in [-0.05, 0) is 20.8 Å². The lowest BCUT2D eigenvalue weighted by atomic mass is 9.80. The van der Waals surface area contributed by atoms with Gasteiger partial charge in [-0.15, -0.1) is 0 Å². The molecule has 0 spiro atoms. The van der Waals surface area contributed by atoms with Gasteiger partial charge in [-0.25, -0.2) is 26.3 Å². The van der Waals surface area contributed by atoms with Crippen LogP contribution in [0.25, 0.3) is 0 Å². The van der Waals surface area contributed by atoms with Gasteiger partial charge < -0.3 is 14.2 Å². The third kappa shape index (κ3) is 5.89. The highest BCUT2D eigenvalue weighted by Gasteiger charge is 2.94. The number of halogens is 19. The molecule has 40 heavy (non-hydrogen) atoms. The fourth-order valence-electron chi connectivity index (χ4n) is 2.82. The zero-order valence-corrected chi connectivity index (χ0v) is 19.8. The maximum Gasteiger partial charge on any atom is 0.425 e. The molecule has 0 aromatic rings. The van der Waals surface area contributed by atoms with E-state index < -0.39 is 85.6 Å². The van der Waals surface area contributed by atoms with Crippen LogP contribution in [0, 0.1) is 0 Å². The quantitative estimate of drug-likeness (QED) is 0.269. The van der Waals surface area contributed by atoms with Gasteiger partial charge in [0.15, 0.2) is 0 Å². The zero-order chi connectivity index (χ0) is 32.6.